The molecule has 24 heavy (non-hydrogen) atoms. The van der Waals surface area contributed by atoms with Crippen LogP contribution in [-0.4, -0.2) is 49.1 Å². The van der Waals surface area contributed by atoms with Gasteiger partial charge in [0.25, 0.3) is 0 Å². The van der Waals surface area contributed by atoms with Gasteiger partial charge in [-0.2, -0.15) is 0 Å². The number of carboxylic acid groups (broad SMARTS) is 1. The molecule has 0 aromatic carbocycles. The van der Waals surface area contributed by atoms with Crippen LogP contribution in [-0.2, 0) is 23.8 Å². The lowest BCUT2D eigenvalue weighted by atomic mass is 10.3. The summed E-state index contributed by atoms with van der Waals surface area (Å²) >= 11 is 0. The Labute approximate surface area is 146 Å². The lowest BCUT2D eigenvalue weighted by Crippen LogP contribution is -2.24. The van der Waals surface area contributed by atoms with Gasteiger partial charge in [0, 0.05) is 13.2 Å². The normalized spacial score (nSPS) is 12.7. The Balaban J connectivity index is 0. The third kappa shape index (κ3) is 17.2. The second kappa shape index (κ2) is 18.2. The standard InChI is InChI=1S/C11H22O3.C7H14O3/c1-4-6-8-13-10(3)11(12)14-9-7-5-2;1-3-4-5-10-6(2)7(8)9/h10H,4-9H2,1-3H3;6H,3-5H2,1-2H3,(H,8,9). The average Bonchev–Trinajstić information content (AvgIpc) is 2.55. The zero-order valence-electron chi connectivity index (χ0n) is 16.0. The number of aliphatic carboxylic acids is 1. The number of carbonyl (C=O) groups excluding carboxylic acids is 1. The van der Waals surface area contributed by atoms with Gasteiger partial charge in [-0.15, -0.1) is 0 Å². The van der Waals surface area contributed by atoms with Crippen LogP contribution in [0.15, 0.2) is 0 Å². The molecule has 0 amide bonds. The third-order valence-corrected chi connectivity index (χ3v) is 3.15. The summed E-state index contributed by atoms with van der Waals surface area (Å²) in [6.07, 6.45) is 4.92. The van der Waals surface area contributed by atoms with E-state index in [1.165, 1.54) is 6.92 Å². The number of ether oxygens (including phenoxy) is 3. The van der Waals surface area contributed by atoms with E-state index in [-0.39, 0.29) is 5.97 Å². The van der Waals surface area contributed by atoms with Crippen molar-refractivity contribution in [3.05, 3.63) is 0 Å². The van der Waals surface area contributed by atoms with Crippen LogP contribution in [0.5, 0.6) is 0 Å². The highest BCUT2D eigenvalue weighted by Crippen LogP contribution is 1.99. The Morgan fingerprint density at radius 2 is 1.21 bits per heavy atom. The third-order valence-electron chi connectivity index (χ3n) is 3.15. The van der Waals surface area contributed by atoms with Gasteiger partial charge < -0.3 is 19.3 Å². The summed E-state index contributed by atoms with van der Waals surface area (Å²) in [5, 5.41) is 8.36. The molecule has 0 radical (unpaired) electrons. The highest BCUT2D eigenvalue weighted by Gasteiger charge is 2.13. The topological polar surface area (TPSA) is 82.1 Å². The molecule has 0 saturated heterocycles. The molecular weight excluding hydrogens is 312 g/mol. The molecule has 0 saturated carbocycles. The van der Waals surface area contributed by atoms with Gasteiger partial charge in [0.15, 0.2) is 12.2 Å². The van der Waals surface area contributed by atoms with Crippen LogP contribution in [0.2, 0.25) is 0 Å². The second-order valence-corrected chi connectivity index (χ2v) is 5.59. The molecule has 144 valence electrons. The summed E-state index contributed by atoms with van der Waals surface area (Å²) in [5.74, 6) is -1.13. The van der Waals surface area contributed by atoms with Gasteiger partial charge in [-0.1, -0.05) is 40.0 Å². The van der Waals surface area contributed by atoms with Gasteiger partial charge >= 0.3 is 11.9 Å². The van der Waals surface area contributed by atoms with E-state index in [1.807, 2.05) is 6.92 Å². The van der Waals surface area contributed by atoms with Gasteiger partial charge in [0.05, 0.1) is 6.61 Å². The van der Waals surface area contributed by atoms with E-state index in [0.29, 0.717) is 19.8 Å². The highest BCUT2D eigenvalue weighted by atomic mass is 16.6. The number of esters is 1. The minimum Gasteiger partial charge on any atom is -0.479 e. The minimum absolute atomic E-state index is 0.241. The number of hydrogen-bond acceptors (Lipinski definition) is 5. The Kier molecular flexibility index (Phi) is 19.0. The summed E-state index contributed by atoms with van der Waals surface area (Å²) in [5.41, 5.74) is 0. The highest BCUT2D eigenvalue weighted by molar-refractivity contribution is 5.74. The maximum absolute atomic E-state index is 11.3. The molecule has 2 atom stereocenters. The Hall–Kier alpha value is -1.14. The maximum atomic E-state index is 11.3. The molecule has 0 aromatic rings. The van der Waals surface area contributed by atoms with E-state index in [9.17, 15) is 9.59 Å². The van der Waals surface area contributed by atoms with Gasteiger partial charge in [-0.25, -0.2) is 9.59 Å². The van der Waals surface area contributed by atoms with E-state index in [0.717, 1.165) is 38.5 Å². The van der Waals surface area contributed by atoms with E-state index in [2.05, 4.69) is 13.8 Å². The first-order valence-electron chi connectivity index (χ1n) is 9.03. The predicted octanol–water partition coefficient (Wildman–Crippen LogP) is 3.81. The van der Waals surface area contributed by atoms with E-state index in [1.54, 1.807) is 6.92 Å². The minimum atomic E-state index is -0.892. The predicted molar refractivity (Wildman–Crippen MR) is 94.1 cm³/mol. The van der Waals surface area contributed by atoms with Crippen molar-refractivity contribution in [1.29, 1.82) is 0 Å². The fourth-order valence-corrected chi connectivity index (χ4v) is 1.38. The largest absolute Gasteiger partial charge is 0.479 e. The Bertz CT molecular complexity index is 306. The number of hydrogen-bond donors (Lipinski definition) is 1. The molecule has 0 fully saturated rings. The summed E-state index contributed by atoms with van der Waals surface area (Å²) in [6, 6.07) is 0. The molecule has 0 spiro atoms. The first-order chi connectivity index (χ1) is 11.4. The number of rotatable bonds is 13. The van der Waals surface area contributed by atoms with Gasteiger partial charge in [-0.05, 0) is 33.1 Å². The van der Waals surface area contributed by atoms with Crippen LogP contribution in [0.25, 0.3) is 0 Å². The molecule has 0 heterocycles. The zero-order valence-corrected chi connectivity index (χ0v) is 16.0. The van der Waals surface area contributed by atoms with Gasteiger partial charge in [0.1, 0.15) is 0 Å². The fraction of sp³-hybridized carbons (Fsp3) is 0.889. The molecular formula is C18H36O6. The van der Waals surface area contributed by atoms with Crippen LogP contribution >= 0.6 is 0 Å². The van der Waals surface area contributed by atoms with Crippen LogP contribution < -0.4 is 0 Å². The quantitative estimate of drug-likeness (QED) is 0.402. The van der Waals surface area contributed by atoms with Crippen LogP contribution in [0, 0.1) is 0 Å². The summed E-state index contributed by atoms with van der Waals surface area (Å²) in [7, 11) is 0. The molecule has 0 aliphatic carbocycles. The van der Waals surface area contributed by atoms with Crippen LogP contribution in [0.1, 0.15) is 73.1 Å². The summed E-state index contributed by atoms with van der Waals surface area (Å²) in [6.45, 7) is 11.2. The number of carbonyl (C=O) groups is 2. The number of carboxylic acids is 1. The molecule has 6 nitrogen and oxygen atoms in total. The average molecular weight is 348 g/mol. The molecule has 0 aliphatic heterocycles. The molecule has 0 aromatic heterocycles. The van der Waals surface area contributed by atoms with Gasteiger partial charge in [0.2, 0.25) is 0 Å². The van der Waals surface area contributed by atoms with E-state index in [4.69, 9.17) is 19.3 Å². The molecule has 0 rings (SSSR count). The van der Waals surface area contributed by atoms with Crippen LogP contribution in [0.3, 0.4) is 0 Å². The first-order valence-corrected chi connectivity index (χ1v) is 9.03. The summed E-state index contributed by atoms with van der Waals surface area (Å²) in [4.78, 5) is 21.4. The molecule has 2 unspecified atom stereocenters. The monoisotopic (exact) mass is 348 g/mol. The SMILES string of the molecule is CCCCOC(=O)C(C)OCCCC.CCCCOC(C)C(=O)O. The molecule has 6 heteroatoms. The Morgan fingerprint density at radius 3 is 1.62 bits per heavy atom. The lowest BCUT2D eigenvalue weighted by Gasteiger charge is -2.11. The van der Waals surface area contributed by atoms with Crippen molar-refractivity contribution < 1.29 is 28.9 Å². The molecule has 0 bridgehead atoms. The maximum Gasteiger partial charge on any atom is 0.334 e. The first kappa shape index (κ1) is 25.1. The molecule has 1 N–H and O–H groups in total. The van der Waals surface area contributed by atoms with Crippen molar-refractivity contribution in [3.63, 3.8) is 0 Å². The van der Waals surface area contributed by atoms with Crippen molar-refractivity contribution in [3.8, 4) is 0 Å². The summed E-state index contributed by atoms with van der Waals surface area (Å²) < 4.78 is 15.3. The van der Waals surface area contributed by atoms with Crippen molar-refractivity contribution in [2.24, 2.45) is 0 Å². The fourth-order valence-electron chi connectivity index (χ4n) is 1.38. The van der Waals surface area contributed by atoms with E-state index < -0.39 is 18.2 Å². The van der Waals surface area contributed by atoms with Crippen LogP contribution in [0.4, 0.5) is 0 Å². The smallest absolute Gasteiger partial charge is 0.334 e. The van der Waals surface area contributed by atoms with Crippen molar-refractivity contribution in [2.45, 2.75) is 85.4 Å². The molecule has 0 aliphatic rings. The van der Waals surface area contributed by atoms with Crippen molar-refractivity contribution >= 4 is 11.9 Å². The lowest BCUT2D eigenvalue weighted by molar-refractivity contribution is -0.156. The van der Waals surface area contributed by atoms with Gasteiger partial charge in [-0.3, -0.25) is 0 Å². The second-order valence-electron chi connectivity index (χ2n) is 5.59. The van der Waals surface area contributed by atoms with E-state index >= 15 is 0 Å². The van der Waals surface area contributed by atoms with Crippen molar-refractivity contribution in [2.75, 3.05) is 19.8 Å². The van der Waals surface area contributed by atoms with Crippen molar-refractivity contribution in [1.82, 2.24) is 0 Å². The Morgan fingerprint density at radius 1 is 0.792 bits per heavy atom. The number of unbranched alkanes of at least 4 members (excludes halogenated alkanes) is 3. The zero-order chi connectivity index (χ0) is 18.8.